The second kappa shape index (κ2) is 16.9. The van der Waals surface area contributed by atoms with Gasteiger partial charge in [-0.05, 0) is 52.2 Å². The number of allylic oxidation sites excluding steroid dienone is 2. The first-order valence-corrected chi connectivity index (χ1v) is 20.3. The van der Waals surface area contributed by atoms with Crippen LogP contribution in [0.15, 0.2) is 43.8 Å². The van der Waals surface area contributed by atoms with E-state index in [1.807, 2.05) is 0 Å². The maximum absolute atomic E-state index is 13.0. The average Bonchev–Trinajstić information content (AvgIpc) is 3.70. The molecule has 0 aromatic heterocycles. The number of oxime groups is 2. The van der Waals surface area contributed by atoms with Crippen molar-refractivity contribution < 1.29 is 74.6 Å². The van der Waals surface area contributed by atoms with E-state index in [0.717, 1.165) is 0 Å². The standard InChI is InChI=1S/C18H26N4O8S.C15H20N4O8S/c1-17(2,3)14-9(15(24)22(14)31(27,28)29)8-11(23)13(10-6-7-12(19)20-10)21-30-18(4,5)16(25)26;1-7-8(13(21)19(7)28(24,25)26)6-10(20)12(9-4-5-11(16)17-9)18-27-15(2,3)14(22)23/h6,9,14H,7-8H2,1-5H3,(H2,19,20)(H,25,26)(H,27,28,29);4,7-8H,5-6H2,1-3H3,(H2,16,17)(H,22,23)(H,24,25,26)/b21-13-;18-12-/t9-,14?;7-,8-/m00/s1. The molecule has 326 valence electrons. The van der Waals surface area contributed by atoms with Crippen molar-refractivity contribution in [3.05, 3.63) is 23.5 Å². The van der Waals surface area contributed by atoms with Crippen molar-refractivity contribution in [1.82, 2.24) is 8.61 Å². The van der Waals surface area contributed by atoms with Gasteiger partial charge in [-0.1, -0.05) is 31.1 Å². The lowest BCUT2D eigenvalue weighted by Crippen LogP contribution is -2.67. The summed E-state index contributed by atoms with van der Waals surface area (Å²) in [5, 5.41) is 25.6. The number of β-lactam (4-membered cyclic amide) rings is 2. The normalized spacial score (nSPS) is 22.8. The van der Waals surface area contributed by atoms with E-state index in [0.29, 0.717) is 4.31 Å². The highest BCUT2D eigenvalue weighted by Crippen LogP contribution is 2.43. The van der Waals surface area contributed by atoms with E-state index in [-0.39, 0.29) is 51.6 Å². The number of aliphatic imine (C=N–C) groups is 2. The number of amidine groups is 2. The molecule has 0 radical (unpaired) electrons. The molecule has 59 heavy (non-hydrogen) atoms. The lowest BCUT2D eigenvalue weighted by atomic mass is 9.71. The third-order valence-electron chi connectivity index (χ3n) is 9.16. The molecule has 0 aromatic rings. The zero-order chi connectivity index (χ0) is 45.4. The van der Waals surface area contributed by atoms with Gasteiger partial charge in [-0.2, -0.15) is 16.8 Å². The molecule has 8 N–H and O–H groups in total. The van der Waals surface area contributed by atoms with Crippen LogP contribution in [0.2, 0.25) is 0 Å². The molecule has 2 amide bonds. The number of aliphatic carboxylic acids is 2. The van der Waals surface area contributed by atoms with Crippen molar-refractivity contribution in [3.8, 4) is 0 Å². The Kier molecular flexibility index (Phi) is 13.7. The Balaban J connectivity index is 0.000000317. The van der Waals surface area contributed by atoms with Crippen LogP contribution >= 0.6 is 0 Å². The molecule has 0 saturated carbocycles. The maximum Gasteiger partial charge on any atom is 0.362 e. The summed E-state index contributed by atoms with van der Waals surface area (Å²) >= 11 is 0. The van der Waals surface area contributed by atoms with Crippen LogP contribution in [0.3, 0.4) is 0 Å². The quantitative estimate of drug-likeness (QED) is 0.0513. The zero-order valence-electron chi connectivity index (χ0n) is 33.1. The predicted molar refractivity (Wildman–Crippen MR) is 205 cm³/mol. The van der Waals surface area contributed by atoms with Crippen LogP contribution in [0.5, 0.6) is 0 Å². The molecule has 4 atom stereocenters. The van der Waals surface area contributed by atoms with Crippen molar-refractivity contribution in [2.45, 2.75) is 104 Å². The van der Waals surface area contributed by atoms with Gasteiger partial charge in [0.25, 0.3) is 0 Å². The molecule has 0 aromatic carbocycles. The van der Waals surface area contributed by atoms with Gasteiger partial charge in [0.1, 0.15) is 11.7 Å². The molecule has 0 bridgehead atoms. The van der Waals surface area contributed by atoms with Gasteiger partial charge >= 0.3 is 32.5 Å². The fraction of sp³-hybridized carbons (Fsp3) is 0.576. The molecule has 2 fully saturated rings. The summed E-state index contributed by atoms with van der Waals surface area (Å²) in [5.41, 5.74) is 6.43. The summed E-state index contributed by atoms with van der Waals surface area (Å²) in [6.45, 7) is 11.3. The third-order valence-corrected chi connectivity index (χ3v) is 11.1. The van der Waals surface area contributed by atoms with E-state index in [4.69, 9.17) is 30.8 Å². The Bertz CT molecular complexity index is 2230. The van der Waals surface area contributed by atoms with Gasteiger partial charge in [0.15, 0.2) is 23.0 Å². The number of amides is 2. The Morgan fingerprint density at radius 3 is 1.37 bits per heavy atom. The summed E-state index contributed by atoms with van der Waals surface area (Å²) in [4.78, 5) is 90.5. The Morgan fingerprint density at radius 2 is 1.08 bits per heavy atom. The van der Waals surface area contributed by atoms with Crippen LogP contribution < -0.4 is 11.5 Å². The molecule has 4 rings (SSSR count). The summed E-state index contributed by atoms with van der Waals surface area (Å²) in [7, 11) is -9.51. The van der Waals surface area contributed by atoms with Gasteiger partial charge in [-0.15, -0.1) is 0 Å². The molecule has 26 heteroatoms. The molecule has 24 nitrogen and oxygen atoms in total. The van der Waals surface area contributed by atoms with E-state index in [1.54, 1.807) is 20.8 Å². The fourth-order valence-electron chi connectivity index (χ4n) is 5.83. The van der Waals surface area contributed by atoms with E-state index >= 15 is 0 Å². The van der Waals surface area contributed by atoms with Crippen LogP contribution in [0.4, 0.5) is 0 Å². The zero-order valence-corrected chi connectivity index (χ0v) is 34.8. The lowest BCUT2D eigenvalue weighted by Gasteiger charge is -2.50. The Labute approximate surface area is 338 Å². The van der Waals surface area contributed by atoms with Crippen molar-refractivity contribution in [2.75, 3.05) is 0 Å². The Hall–Kier alpha value is -5.60. The molecule has 0 spiro atoms. The number of carbonyl (C=O) groups excluding carboxylic acids is 4. The number of nitrogens with zero attached hydrogens (tertiary/aromatic N) is 6. The van der Waals surface area contributed by atoms with Crippen molar-refractivity contribution in [1.29, 1.82) is 0 Å². The average molecular weight is 875 g/mol. The van der Waals surface area contributed by atoms with Crippen molar-refractivity contribution >= 4 is 79.0 Å². The van der Waals surface area contributed by atoms with Crippen LogP contribution in [-0.4, -0.2) is 126 Å². The molecular weight excluding hydrogens is 829 g/mol. The monoisotopic (exact) mass is 874 g/mol. The van der Waals surface area contributed by atoms with Crippen LogP contribution in [0.25, 0.3) is 0 Å². The van der Waals surface area contributed by atoms with Crippen LogP contribution in [-0.2, 0) is 59.1 Å². The van der Waals surface area contributed by atoms with Crippen molar-refractivity contribution in [3.63, 3.8) is 0 Å². The van der Waals surface area contributed by atoms with Gasteiger partial charge in [0.2, 0.25) is 23.0 Å². The predicted octanol–water partition coefficient (Wildman–Crippen LogP) is -0.0220. The summed E-state index contributed by atoms with van der Waals surface area (Å²) < 4.78 is 64.6. The highest BCUT2D eigenvalue weighted by molar-refractivity contribution is 7.84. The SMILES string of the molecule is CC(C)(O/N=C(\C(=O)C[C@@H]1C(=O)N(S(=O)(=O)O)C1C(C)(C)C)C1=CCC(N)=N1)C(=O)O.C[C@H]1[C@H](CC(=O)/C(=N\OC(C)(C)C(=O)O)C2=CCC(N)=N2)C(=O)N1S(=O)(=O)O. The van der Waals surface area contributed by atoms with Crippen molar-refractivity contribution in [2.24, 2.45) is 49.0 Å². The van der Waals surface area contributed by atoms with E-state index in [2.05, 4.69) is 20.3 Å². The van der Waals surface area contributed by atoms with Crippen LogP contribution in [0.1, 0.15) is 81.1 Å². The van der Waals surface area contributed by atoms with Crippen LogP contribution in [0, 0.1) is 17.3 Å². The molecule has 4 aliphatic rings. The van der Waals surface area contributed by atoms with Gasteiger partial charge < -0.3 is 31.4 Å². The molecule has 4 aliphatic heterocycles. The highest BCUT2D eigenvalue weighted by Gasteiger charge is 2.58. The second-order valence-corrected chi connectivity index (χ2v) is 18.3. The maximum atomic E-state index is 13.0. The smallest absolute Gasteiger partial charge is 0.362 e. The first kappa shape index (κ1) is 47.8. The Morgan fingerprint density at radius 1 is 0.729 bits per heavy atom. The summed E-state index contributed by atoms with van der Waals surface area (Å²) in [5.74, 6) is -7.57. The van der Waals surface area contributed by atoms with E-state index in [1.165, 1.54) is 46.8 Å². The number of Topliss-reactive ketones (excluding diaryl/α,β-unsaturated/α-hetero) is 2. The molecule has 0 aliphatic carbocycles. The first-order chi connectivity index (χ1) is 26.7. The number of ketones is 2. The number of hydrogen-bond acceptors (Lipinski definition) is 18. The molecule has 2 saturated heterocycles. The van der Waals surface area contributed by atoms with E-state index in [9.17, 15) is 55.3 Å². The number of carbonyl (C=O) groups is 6. The number of hydrogen-bond donors (Lipinski definition) is 6. The highest BCUT2D eigenvalue weighted by atomic mass is 32.2. The summed E-state index contributed by atoms with van der Waals surface area (Å²) in [6, 6.07) is -1.90. The second-order valence-electron chi connectivity index (χ2n) is 15.7. The van der Waals surface area contributed by atoms with Gasteiger partial charge in [-0.25, -0.2) is 28.2 Å². The van der Waals surface area contributed by atoms with Gasteiger partial charge in [0, 0.05) is 25.7 Å². The minimum absolute atomic E-state index is 0.0643. The minimum atomic E-state index is -4.80. The molecule has 4 heterocycles. The number of carboxylic acids is 2. The van der Waals surface area contributed by atoms with Gasteiger partial charge in [-0.3, -0.25) is 28.3 Å². The third kappa shape index (κ3) is 10.9. The molecular formula is C33H46N8O16S2. The summed E-state index contributed by atoms with van der Waals surface area (Å²) in [6.07, 6.45) is 2.59. The topological polar surface area (TPSA) is 378 Å². The number of rotatable bonds is 16. The lowest BCUT2D eigenvalue weighted by molar-refractivity contribution is -0.161. The number of carboxylic acid groups (broad SMARTS) is 2. The van der Waals surface area contributed by atoms with Gasteiger partial charge in [0.05, 0.1) is 35.3 Å². The molecule has 1 unspecified atom stereocenters. The largest absolute Gasteiger partial charge is 0.478 e. The first-order valence-electron chi connectivity index (χ1n) is 17.5. The number of nitrogens with two attached hydrogens (primary N) is 2. The van der Waals surface area contributed by atoms with E-state index < -0.39 is 109 Å². The minimum Gasteiger partial charge on any atom is -0.478 e. The fourth-order valence-corrected chi connectivity index (χ4v) is 7.87.